The smallest absolute Gasteiger partial charge is 0.337 e. The van der Waals surface area contributed by atoms with Crippen LogP contribution in [0.1, 0.15) is 39.0 Å². The fraction of sp³-hybridized carbons (Fsp3) is 0.846. The van der Waals surface area contributed by atoms with Crippen molar-refractivity contribution in [3.05, 3.63) is 0 Å². The molecule has 1 saturated carbocycles. The number of ether oxygens (including phenoxy) is 1. The maximum Gasteiger partial charge on any atom is 0.337 e. The van der Waals surface area contributed by atoms with E-state index in [1.165, 1.54) is 19.3 Å². The summed E-state index contributed by atoms with van der Waals surface area (Å²) in [5, 5.41) is 22.9. The number of carboxylic acids is 1. The van der Waals surface area contributed by atoms with Gasteiger partial charge in [-0.25, -0.2) is 9.59 Å². The molecule has 7 nitrogen and oxygen atoms in total. The zero-order chi connectivity index (χ0) is 15.0. The Hall–Kier alpha value is -1.34. The Morgan fingerprint density at radius 1 is 1.25 bits per heavy atom. The van der Waals surface area contributed by atoms with Gasteiger partial charge in [0, 0.05) is 6.54 Å². The van der Waals surface area contributed by atoms with E-state index in [0.717, 1.165) is 19.8 Å². The van der Waals surface area contributed by atoms with Gasteiger partial charge < -0.3 is 25.6 Å². The second kappa shape index (κ2) is 8.06. The molecule has 2 amide bonds. The number of amides is 2. The summed E-state index contributed by atoms with van der Waals surface area (Å²) in [5.41, 5.74) is -1.96. The molecule has 0 aromatic rings. The summed E-state index contributed by atoms with van der Waals surface area (Å²) in [6.45, 7) is 1.57. The van der Waals surface area contributed by atoms with Crippen molar-refractivity contribution in [2.75, 3.05) is 19.7 Å². The molecule has 0 aromatic heterocycles. The van der Waals surface area contributed by atoms with Crippen LogP contribution in [0.15, 0.2) is 0 Å². The van der Waals surface area contributed by atoms with Gasteiger partial charge in [-0.3, -0.25) is 0 Å². The van der Waals surface area contributed by atoms with Crippen molar-refractivity contribution < 1.29 is 24.5 Å². The first-order valence-electron chi connectivity index (χ1n) is 7.01. The Morgan fingerprint density at radius 3 is 2.50 bits per heavy atom. The fourth-order valence-corrected chi connectivity index (χ4v) is 2.01. The average molecular weight is 288 g/mol. The van der Waals surface area contributed by atoms with Crippen LogP contribution >= 0.6 is 0 Å². The van der Waals surface area contributed by atoms with Crippen molar-refractivity contribution in [2.24, 2.45) is 0 Å². The third-order valence-electron chi connectivity index (χ3n) is 3.35. The molecule has 116 valence electrons. The minimum Gasteiger partial charge on any atom is -0.479 e. The number of carbonyl (C=O) groups excluding carboxylic acids is 1. The molecule has 0 bridgehead atoms. The molecule has 1 unspecified atom stereocenters. The average Bonchev–Trinajstić information content (AvgIpc) is 2.42. The van der Waals surface area contributed by atoms with Gasteiger partial charge in [-0.05, 0) is 19.8 Å². The van der Waals surface area contributed by atoms with Crippen LogP contribution in [0.25, 0.3) is 0 Å². The van der Waals surface area contributed by atoms with Crippen LogP contribution in [-0.2, 0) is 9.53 Å². The zero-order valence-corrected chi connectivity index (χ0v) is 11.9. The molecule has 0 heterocycles. The number of urea groups is 1. The predicted molar refractivity (Wildman–Crippen MR) is 72.5 cm³/mol. The first kappa shape index (κ1) is 16.7. The fourth-order valence-electron chi connectivity index (χ4n) is 2.01. The lowest BCUT2D eigenvalue weighted by Crippen LogP contribution is -2.49. The highest BCUT2D eigenvalue weighted by Crippen LogP contribution is 2.19. The van der Waals surface area contributed by atoms with Gasteiger partial charge in [0.25, 0.3) is 0 Å². The highest BCUT2D eigenvalue weighted by molar-refractivity contribution is 5.79. The Balaban J connectivity index is 2.06. The molecular formula is C13H24N2O5. The zero-order valence-electron chi connectivity index (χ0n) is 11.9. The largest absolute Gasteiger partial charge is 0.479 e. The van der Waals surface area contributed by atoms with Crippen LogP contribution < -0.4 is 10.6 Å². The summed E-state index contributed by atoms with van der Waals surface area (Å²) < 4.78 is 5.63. The molecule has 1 aliphatic rings. The monoisotopic (exact) mass is 288 g/mol. The maximum absolute atomic E-state index is 11.4. The number of hydrogen-bond acceptors (Lipinski definition) is 4. The van der Waals surface area contributed by atoms with E-state index in [2.05, 4.69) is 10.6 Å². The summed E-state index contributed by atoms with van der Waals surface area (Å²) >= 11 is 0. The molecule has 0 spiro atoms. The van der Waals surface area contributed by atoms with Gasteiger partial charge in [-0.15, -0.1) is 0 Å². The molecule has 0 aliphatic heterocycles. The molecule has 4 N–H and O–H groups in total. The topological polar surface area (TPSA) is 108 Å². The van der Waals surface area contributed by atoms with Crippen LogP contribution in [0, 0.1) is 0 Å². The lowest BCUT2D eigenvalue weighted by molar-refractivity contribution is -0.155. The van der Waals surface area contributed by atoms with E-state index in [9.17, 15) is 14.7 Å². The van der Waals surface area contributed by atoms with Gasteiger partial charge in [-0.2, -0.15) is 0 Å². The summed E-state index contributed by atoms with van der Waals surface area (Å²) in [5.74, 6) is -1.38. The van der Waals surface area contributed by atoms with E-state index in [-0.39, 0.29) is 6.54 Å². The number of nitrogens with one attached hydrogen (secondary N) is 2. The molecular weight excluding hydrogens is 264 g/mol. The maximum atomic E-state index is 11.4. The minimum absolute atomic E-state index is 0.293. The van der Waals surface area contributed by atoms with E-state index in [1.807, 2.05) is 0 Å². The van der Waals surface area contributed by atoms with Crippen molar-refractivity contribution in [1.82, 2.24) is 10.6 Å². The SMILES string of the molecule is CC(O)(CNC(=O)NCCOC1CCCCC1)C(=O)O. The standard InChI is InChI=1S/C13H24N2O5/c1-13(19,11(16)17)9-15-12(18)14-7-8-20-10-5-3-2-4-6-10/h10,19H,2-9H2,1H3,(H,16,17)(H2,14,15,18). The molecule has 1 fully saturated rings. The Bertz CT molecular complexity index is 327. The second-order valence-corrected chi connectivity index (χ2v) is 5.32. The number of rotatable bonds is 7. The van der Waals surface area contributed by atoms with Crippen LogP contribution in [0.5, 0.6) is 0 Å². The van der Waals surface area contributed by atoms with Crippen LogP contribution in [0.2, 0.25) is 0 Å². The molecule has 1 aliphatic carbocycles. The van der Waals surface area contributed by atoms with E-state index in [4.69, 9.17) is 9.84 Å². The van der Waals surface area contributed by atoms with Gasteiger partial charge >= 0.3 is 12.0 Å². The molecule has 1 rings (SSSR count). The Kier molecular flexibility index (Phi) is 6.74. The van der Waals surface area contributed by atoms with E-state index in [1.54, 1.807) is 0 Å². The van der Waals surface area contributed by atoms with Crippen molar-refractivity contribution in [3.63, 3.8) is 0 Å². The molecule has 0 aromatic carbocycles. The summed E-state index contributed by atoms with van der Waals surface area (Å²) in [4.78, 5) is 22.0. The lowest BCUT2D eigenvalue weighted by Gasteiger charge is -2.22. The highest BCUT2D eigenvalue weighted by Gasteiger charge is 2.30. The van der Waals surface area contributed by atoms with Crippen molar-refractivity contribution in [2.45, 2.75) is 50.7 Å². The summed E-state index contributed by atoms with van der Waals surface area (Å²) in [6, 6.07) is -0.515. The third kappa shape index (κ3) is 6.21. The van der Waals surface area contributed by atoms with E-state index >= 15 is 0 Å². The predicted octanol–water partition coefficient (Wildman–Crippen LogP) is 0.470. The van der Waals surface area contributed by atoms with Gasteiger partial charge in [0.1, 0.15) is 0 Å². The quantitative estimate of drug-likeness (QED) is 0.509. The Labute approximate surface area is 118 Å². The normalized spacial score (nSPS) is 19.1. The van der Waals surface area contributed by atoms with Crippen molar-refractivity contribution >= 4 is 12.0 Å². The first-order valence-corrected chi connectivity index (χ1v) is 7.01. The summed E-state index contributed by atoms with van der Waals surface area (Å²) in [7, 11) is 0. The van der Waals surface area contributed by atoms with E-state index in [0.29, 0.717) is 19.3 Å². The minimum atomic E-state index is -1.96. The van der Waals surface area contributed by atoms with Crippen molar-refractivity contribution in [1.29, 1.82) is 0 Å². The third-order valence-corrected chi connectivity index (χ3v) is 3.35. The molecule has 1 atom stereocenters. The molecule has 0 saturated heterocycles. The van der Waals surface area contributed by atoms with Gasteiger partial charge in [0.05, 0.1) is 19.3 Å². The van der Waals surface area contributed by atoms with Crippen molar-refractivity contribution in [3.8, 4) is 0 Å². The molecule has 20 heavy (non-hydrogen) atoms. The van der Waals surface area contributed by atoms with Crippen LogP contribution in [-0.4, -0.2) is 53.6 Å². The van der Waals surface area contributed by atoms with Crippen LogP contribution in [0.4, 0.5) is 4.79 Å². The number of hydrogen-bond donors (Lipinski definition) is 4. The first-order chi connectivity index (χ1) is 9.42. The number of carboxylic acid groups (broad SMARTS) is 1. The van der Waals surface area contributed by atoms with Crippen LogP contribution in [0.3, 0.4) is 0 Å². The lowest BCUT2D eigenvalue weighted by atomic mass is 9.98. The number of aliphatic carboxylic acids is 1. The van der Waals surface area contributed by atoms with Gasteiger partial charge in [-0.1, -0.05) is 19.3 Å². The number of carbonyl (C=O) groups is 2. The second-order valence-electron chi connectivity index (χ2n) is 5.32. The van der Waals surface area contributed by atoms with Gasteiger partial charge in [0.2, 0.25) is 0 Å². The molecule has 7 heteroatoms. The Morgan fingerprint density at radius 2 is 1.90 bits per heavy atom. The highest BCUT2D eigenvalue weighted by atomic mass is 16.5. The molecule has 0 radical (unpaired) electrons. The summed E-state index contributed by atoms with van der Waals surface area (Å²) in [6.07, 6.45) is 6.11. The number of aliphatic hydroxyl groups is 1. The van der Waals surface area contributed by atoms with E-state index < -0.39 is 17.6 Å². The van der Waals surface area contributed by atoms with Gasteiger partial charge in [0.15, 0.2) is 5.60 Å².